The van der Waals surface area contributed by atoms with Gasteiger partial charge in [-0.1, -0.05) is 18.2 Å². The summed E-state index contributed by atoms with van der Waals surface area (Å²) in [6.45, 7) is 0. The van der Waals surface area contributed by atoms with E-state index in [0.29, 0.717) is 5.69 Å². The zero-order valence-corrected chi connectivity index (χ0v) is 10.8. The second-order valence-corrected chi connectivity index (χ2v) is 4.82. The molecule has 2 aromatic rings. The van der Waals surface area contributed by atoms with Crippen LogP contribution in [-0.4, -0.2) is 16.0 Å². The molecule has 6 nitrogen and oxygen atoms in total. The topological polar surface area (TPSA) is 92.9 Å². The van der Waals surface area contributed by atoms with Gasteiger partial charge in [-0.25, -0.2) is 14.8 Å². The summed E-state index contributed by atoms with van der Waals surface area (Å²) in [5.74, 6) is 0.279. The van der Waals surface area contributed by atoms with Crippen molar-refractivity contribution in [2.45, 2.75) is 18.4 Å². The smallest absolute Gasteiger partial charge is 0.322 e. The van der Waals surface area contributed by atoms with Crippen LogP contribution in [0.1, 0.15) is 18.4 Å². The Morgan fingerprint density at radius 2 is 1.85 bits per heavy atom. The molecule has 6 heteroatoms. The molecule has 1 aromatic carbocycles. The van der Waals surface area contributed by atoms with Crippen LogP contribution < -0.4 is 16.4 Å². The summed E-state index contributed by atoms with van der Waals surface area (Å²) in [5, 5.41) is 5.58. The number of nitrogen functional groups attached to an aromatic ring is 1. The van der Waals surface area contributed by atoms with E-state index in [0.717, 1.165) is 18.4 Å². The summed E-state index contributed by atoms with van der Waals surface area (Å²) in [7, 11) is 0. The quantitative estimate of drug-likeness (QED) is 0.741. The molecule has 0 aliphatic heterocycles. The van der Waals surface area contributed by atoms with Gasteiger partial charge in [-0.15, -0.1) is 0 Å². The van der Waals surface area contributed by atoms with Crippen LogP contribution in [0.5, 0.6) is 0 Å². The van der Waals surface area contributed by atoms with E-state index in [-0.39, 0.29) is 17.5 Å². The number of nitrogens with two attached hydrogens (primary N) is 1. The van der Waals surface area contributed by atoms with Crippen molar-refractivity contribution < 1.29 is 4.79 Å². The Kier molecular flexibility index (Phi) is 2.98. The largest absolute Gasteiger partial charge is 0.398 e. The Hall–Kier alpha value is -2.63. The Morgan fingerprint density at radius 1 is 1.15 bits per heavy atom. The number of benzene rings is 1. The van der Waals surface area contributed by atoms with Crippen molar-refractivity contribution >= 4 is 17.7 Å². The molecule has 0 radical (unpaired) electrons. The second kappa shape index (κ2) is 4.80. The van der Waals surface area contributed by atoms with Gasteiger partial charge >= 0.3 is 6.03 Å². The highest BCUT2D eigenvalue weighted by Crippen LogP contribution is 2.47. The summed E-state index contributed by atoms with van der Waals surface area (Å²) < 4.78 is 0. The zero-order chi connectivity index (χ0) is 14.0. The number of urea groups is 1. The molecule has 0 bridgehead atoms. The molecule has 20 heavy (non-hydrogen) atoms. The molecule has 0 unspecified atom stereocenters. The molecule has 2 amide bonds. The number of hydrogen-bond acceptors (Lipinski definition) is 4. The standard InChI is InChI=1S/C14H15N5O/c15-11-5-2-1-4-10(11)14(6-7-14)19-13(20)18-12-16-8-3-9-17-12/h1-5,8-9H,6-7,15H2,(H2,16,17,18,19,20). The lowest BCUT2D eigenvalue weighted by Gasteiger charge is -2.19. The molecular weight excluding hydrogens is 254 g/mol. The summed E-state index contributed by atoms with van der Waals surface area (Å²) in [5.41, 5.74) is 7.28. The molecule has 1 saturated carbocycles. The minimum Gasteiger partial charge on any atom is -0.398 e. The summed E-state index contributed by atoms with van der Waals surface area (Å²) in [6, 6.07) is 8.96. The number of nitrogens with one attached hydrogen (secondary N) is 2. The number of hydrogen-bond donors (Lipinski definition) is 3. The van der Waals surface area contributed by atoms with Crippen LogP contribution in [0.2, 0.25) is 0 Å². The van der Waals surface area contributed by atoms with Gasteiger partial charge in [0.05, 0.1) is 5.54 Å². The van der Waals surface area contributed by atoms with Crippen molar-refractivity contribution in [3.05, 3.63) is 48.3 Å². The molecular formula is C14H15N5O. The van der Waals surface area contributed by atoms with E-state index in [4.69, 9.17) is 5.73 Å². The highest BCUT2D eigenvalue weighted by Gasteiger charge is 2.46. The first-order valence-electron chi connectivity index (χ1n) is 6.41. The van der Waals surface area contributed by atoms with Crippen LogP contribution in [0.4, 0.5) is 16.4 Å². The van der Waals surface area contributed by atoms with Gasteiger partial charge in [0.25, 0.3) is 0 Å². The fraction of sp³-hybridized carbons (Fsp3) is 0.214. The van der Waals surface area contributed by atoms with Gasteiger partial charge in [0.1, 0.15) is 0 Å². The van der Waals surface area contributed by atoms with Crippen molar-refractivity contribution in [3.8, 4) is 0 Å². The van der Waals surface area contributed by atoms with E-state index in [1.165, 1.54) is 0 Å². The molecule has 0 saturated heterocycles. The Labute approximate surface area is 116 Å². The monoisotopic (exact) mass is 269 g/mol. The highest BCUT2D eigenvalue weighted by atomic mass is 16.2. The summed E-state index contributed by atoms with van der Waals surface area (Å²) >= 11 is 0. The van der Waals surface area contributed by atoms with E-state index < -0.39 is 0 Å². The Morgan fingerprint density at radius 3 is 2.50 bits per heavy atom. The van der Waals surface area contributed by atoms with Crippen molar-refractivity contribution in [1.82, 2.24) is 15.3 Å². The van der Waals surface area contributed by atoms with Crippen LogP contribution in [0, 0.1) is 0 Å². The first kappa shape index (κ1) is 12.4. The van der Waals surface area contributed by atoms with E-state index in [2.05, 4.69) is 20.6 Å². The van der Waals surface area contributed by atoms with Gasteiger partial charge in [-0.3, -0.25) is 5.32 Å². The maximum absolute atomic E-state index is 12.0. The normalized spacial score (nSPS) is 15.4. The minimum atomic E-state index is -0.357. The van der Waals surface area contributed by atoms with Crippen LogP contribution in [0.15, 0.2) is 42.7 Å². The van der Waals surface area contributed by atoms with Gasteiger partial charge < -0.3 is 11.1 Å². The predicted molar refractivity (Wildman–Crippen MR) is 76.0 cm³/mol. The Balaban J connectivity index is 1.72. The maximum atomic E-state index is 12.0. The third-order valence-electron chi connectivity index (χ3n) is 3.37. The van der Waals surface area contributed by atoms with Gasteiger partial charge in [-0.2, -0.15) is 0 Å². The van der Waals surface area contributed by atoms with Crippen molar-refractivity contribution in [3.63, 3.8) is 0 Å². The predicted octanol–water partition coefficient (Wildman–Crippen LogP) is 1.87. The lowest BCUT2D eigenvalue weighted by Crippen LogP contribution is -2.38. The molecule has 1 aliphatic rings. The number of para-hydroxylation sites is 1. The molecule has 3 rings (SSSR count). The number of amides is 2. The molecule has 0 atom stereocenters. The molecule has 1 aliphatic carbocycles. The van der Waals surface area contributed by atoms with Crippen molar-refractivity contribution in [2.24, 2.45) is 0 Å². The average Bonchev–Trinajstić information content (AvgIpc) is 3.20. The van der Waals surface area contributed by atoms with Crippen molar-refractivity contribution in [1.29, 1.82) is 0 Å². The van der Waals surface area contributed by atoms with Crippen LogP contribution in [-0.2, 0) is 5.54 Å². The molecule has 4 N–H and O–H groups in total. The molecule has 1 aromatic heterocycles. The SMILES string of the molecule is Nc1ccccc1C1(NC(=O)Nc2ncccn2)CC1. The summed E-state index contributed by atoms with van der Waals surface area (Å²) in [4.78, 5) is 19.9. The molecule has 102 valence electrons. The third-order valence-corrected chi connectivity index (χ3v) is 3.37. The fourth-order valence-electron chi connectivity index (χ4n) is 2.23. The van der Waals surface area contributed by atoms with Crippen LogP contribution in [0.25, 0.3) is 0 Å². The maximum Gasteiger partial charge on any atom is 0.322 e. The van der Waals surface area contributed by atoms with E-state index in [1.54, 1.807) is 18.5 Å². The van der Waals surface area contributed by atoms with Gasteiger partial charge in [0.2, 0.25) is 5.95 Å². The van der Waals surface area contributed by atoms with E-state index >= 15 is 0 Å². The highest BCUT2D eigenvalue weighted by molar-refractivity contribution is 5.88. The number of carbonyl (C=O) groups is 1. The number of aromatic nitrogens is 2. The van der Waals surface area contributed by atoms with Gasteiger partial charge in [0, 0.05) is 23.6 Å². The number of anilines is 2. The lowest BCUT2D eigenvalue weighted by atomic mass is 10.0. The molecule has 1 fully saturated rings. The number of carbonyl (C=O) groups excluding carboxylic acids is 1. The number of rotatable bonds is 3. The second-order valence-electron chi connectivity index (χ2n) is 4.82. The first-order chi connectivity index (χ1) is 9.70. The van der Waals surface area contributed by atoms with Crippen LogP contribution >= 0.6 is 0 Å². The van der Waals surface area contributed by atoms with Crippen LogP contribution in [0.3, 0.4) is 0 Å². The fourth-order valence-corrected chi connectivity index (χ4v) is 2.23. The zero-order valence-electron chi connectivity index (χ0n) is 10.8. The number of nitrogens with zero attached hydrogens (tertiary/aromatic N) is 2. The van der Waals surface area contributed by atoms with Gasteiger partial charge in [0.15, 0.2) is 0 Å². The van der Waals surface area contributed by atoms with E-state index in [9.17, 15) is 4.79 Å². The first-order valence-corrected chi connectivity index (χ1v) is 6.41. The minimum absolute atomic E-state index is 0.279. The third kappa shape index (κ3) is 2.40. The average molecular weight is 269 g/mol. The lowest BCUT2D eigenvalue weighted by molar-refractivity contribution is 0.247. The Bertz CT molecular complexity index is 624. The van der Waals surface area contributed by atoms with Gasteiger partial charge in [-0.05, 0) is 25.0 Å². The summed E-state index contributed by atoms with van der Waals surface area (Å²) in [6.07, 6.45) is 4.91. The molecule has 0 spiro atoms. The molecule has 1 heterocycles. The van der Waals surface area contributed by atoms with Crippen molar-refractivity contribution in [2.75, 3.05) is 11.1 Å². The van der Waals surface area contributed by atoms with E-state index in [1.807, 2.05) is 24.3 Å².